The highest BCUT2D eigenvalue weighted by Gasteiger charge is 2.47. The maximum atomic E-state index is 12.7. The standard InChI is InChI=1S/C16H29N3O2/c1-5-16(6-2)10-14(20)19(15(17)18-16)13(7-8-21-4)12-9-11(12)3/h11-13H,5-10H2,1-4H3,(H2,17,18)/t11-,12-,13?/m1/s1. The van der Waals surface area contributed by atoms with Crippen molar-refractivity contribution in [3.05, 3.63) is 0 Å². The summed E-state index contributed by atoms with van der Waals surface area (Å²) in [6, 6.07) is 0.142. The fourth-order valence-electron chi connectivity index (χ4n) is 3.50. The van der Waals surface area contributed by atoms with Crippen LogP contribution in [-0.2, 0) is 9.53 Å². The lowest BCUT2D eigenvalue weighted by Gasteiger charge is -2.40. The molecule has 5 nitrogen and oxygen atoms in total. The molecule has 1 saturated carbocycles. The first kappa shape index (κ1) is 16.3. The van der Waals surface area contributed by atoms with Crippen LogP contribution in [0.4, 0.5) is 0 Å². The van der Waals surface area contributed by atoms with Crippen LogP contribution in [0.1, 0.15) is 52.9 Å². The molecule has 1 fully saturated rings. The third-order valence-electron chi connectivity index (χ3n) is 5.28. The molecule has 0 bridgehead atoms. The number of rotatable bonds is 7. The normalized spacial score (nSPS) is 29.2. The van der Waals surface area contributed by atoms with Crippen LogP contribution in [-0.4, -0.2) is 42.1 Å². The smallest absolute Gasteiger partial charge is 0.231 e. The third kappa shape index (κ3) is 3.23. The molecule has 120 valence electrons. The number of aliphatic imine (C=N–C) groups is 1. The van der Waals surface area contributed by atoms with Crippen molar-refractivity contribution < 1.29 is 9.53 Å². The molecule has 1 amide bonds. The first-order valence-corrected chi connectivity index (χ1v) is 8.14. The monoisotopic (exact) mass is 295 g/mol. The minimum Gasteiger partial charge on any atom is -0.385 e. The van der Waals surface area contributed by atoms with Crippen molar-refractivity contribution in [2.75, 3.05) is 13.7 Å². The van der Waals surface area contributed by atoms with E-state index in [0.717, 1.165) is 25.7 Å². The van der Waals surface area contributed by atoms with E-state index >= 15 is 0 Å². The Morgan fingerprint density at radius 2 is 2.10 bits per heavy atom. The number of carbonyl (C=O) groups is 1. The summed E-state index contributed by atoms with van der Waals surface area (Å²) in [7, 11) is 1.70. The summed E-state index contributed by atoms with van der Waals surface area (Å²) in [6.07, 6.45) is 4.18. The number of nitrogens with zero attached hydrogens (tertiary/aromatic N) is 2. The first-order valence-electron chi connectivity index (χ1n) is 8.14. The Hall–Kier alpha value is -1.10. The van der Waals surface area contributed by atoms with Crippen molar-refractivity contribution >= 4 is 11.9 Å². The molecule has 2 N–H and O–H groups in total. The number of ether oxygens (including phenoxy) is 1. The highest BCUT2D eigenvalue weighted by Crippen LogP contribution is 2.44. The highest BCUT2D eigenvalue weighted by molar-refractivity contribution is 5.99. The summed E-state index contributed by atoms with van der Waals surface area (Å²) >= 11 is 0. The van der Waals surface area contributed by atoms with Gasteiger partial charge in [0.1, 0.15) is 0 Å². The number of carbonyl (C=O) groups excluding carboxylic acids is 1. The molecule has 3 atom stereocenters. The zero-order chi connectivity index (χ0) is 15.6. The number of nitrogens with two attached hydrogens (primary N) is 1. The van der Waals surface area contributed by atoms with Gasteiger partial charge in [0, 0.05) is 19.8 Å². The van der Waals surface area contributed by atoms with Gasteiger partial charge < -0.3 is 10.5 Å². The number of hydrogen-bond acceptors (Lipinski definition) is 4. The molecule has 1 unspecified atom stereocenters. The largest absolute Gasteiger partial charge is 0.385 e. The molecule has 0 saturated heterocycles. The van der Waals surface area contributed by atoms with E-state index in [4.69, 9.17) is 15.5 Å². The Kier molecular flexibility index (Phi) is 4.91. The number of methoxy groups -OCH3 is 1. The molecule has 1 aliphatic carbocycles. The second kappa shape index (κ2) is 6.34. The lowest BCUT2D eigenvalue weighted by atomic mass is 9.87. The number of amides is 1. The zero-order valence-electron chi connectivity index (χ0n) is 13.8. The number of hydrogen-bond donors (Lipinski definition) is 1. The van der Waals surface area contributed by atoms with Gasteiger partial charge in [-0.2, -0.15) is 0 Å². The van der Waals surface area contributed by atoms with Gasteiger partial charge in [0.2, 0.25) is 5.91 Å². The maximum Gasteiger partial charge on any atom is 0.231 e. The van der Waals surface area contributed by atoms with Gasteiger partial charge in [-0.1, -0.05) is 20.8 Å². The minimum absolute atomic E-state index is 0.131. The SMILES string of the molecule is CCC1(CC)CC(=O)N(C(CCOC)[C@@H]2C[C@H]2C)C(N)=N1. The van der Waals surface area contributed by atoms with E-state index < -0.39 is 0 Å². The van der Waals surface area contributed by atoms with Crippen molar-refractivity contribution in [1.29, 1.82) is 0 Å². The molecule has 0 spiro atoms. The quantitative estimate of drug-likeness (QED) is 0.782. The Labute approximate surface area is 127 Å². The third-order valence-corrected chi connectivity index (χ3v) is 5.28. The molecule has 5 heteroatoms. The van der Waals surface area contributed by atoms with Crippen LogP contribution in [0.15, 0.2) is 4.99 Å². The molecular weight excluding hydrogens is 266 g/mol. The molecule has 2 rings (SSSR count). The molecule has 1 heterocycles. The fourth-order valence-corrected chi connectivity index (χ4v) is 3.50. The van der Waals surface area contributed by atoms with E-state index in [9.17, 15) is 4.79 Å². The van der Waals surface area contributed by atoms with Crippen LogP contribution in [0, 0.1) is 11.8 Å². The van der Waals surface area contributed by atoms with E-state index in [1.165, 1.54) is 0 Å². The summed E-state index contributed by atoms with van der Waals surface area (Å²) in [5, 5.41) is 0. The summed E-state index contributed by atoms with van der Waals surface area (Å²) in [4.78, 5) is 19.2. The molecule has 0 aromatic heterocycles. The molecule has 0 aromatic rings. The second-order valence-electron chi connectivity index (χ2n) is 6.57. The zero-order valence-corrected chi connectivity index (χ0v) is 13.8. The lowest BCUT2D eigenvalue weighted by molar-refractivity contribution is -0.132. The van der Waals surface area contributed by atoms with Gasteiger partial charge >= 0.3 is 0 Å². The molecule has 2 aliphatic rings. The van der Waals surface area contributed by atoms with Crippen LogP contribution in [0.2, 0.25) is 0 Å². The van der Waals surface area contributed by atoms with Gasteiger partial charge in [0.05, 0.1) is 12.0 Å². The summed E-state index contributed by atoms with van der Waals surface area (Å²) in [5.74, 6) is 1.74. The summed E-state index contributed by atoms with van der Waals surface area (Å²) < 4.78 is 5.21. The van der Waals surface area contributed by atoms with E-state index in [1.54, 1.807) is 12.0 Å². The number of guanidine groups is 1. The van der Waals surface area contributed by atoms with E-state index in [1.807, 2.05) is 0 Å². The van der Waals surface area contributed by atoms with Gasteiger partial charge in [0.15, 0.2) is 5.96 Å². The van der Waals surface area contributed by atoms with Gasteiger partial charge in [0.25, 0.3) is 0 Å². The maximum absolute atomic E-state index is 12.7. The predicted molar refractivity (Wildman–Crippen MR) is 84.0 cm³/mol. The van der Waals surface area contributed by atoms with E-state index in [-0.39, 0.29) is 17.5 Å². The Morgan fingerprint density at radius 3 is 2.52 bits per heavy atom. The predicted octanol–water partition coefficient (Wildman–Crippen LogP) is 2.15. The molecule has 21 heavy (non-hydrogen) atoms. The molecular formula is C16H29N3O2. The fraction of sp³-hybridized carbons (Fsp3) is 0.875. The van der Waals surface area contributed by atoms with Crippen LogP contribution >= 0.6 is 0 Å². The molecule has 0 radical (unpaired) electrons. The topological polar surface area (TPSA) is 67.9 Å². The van der Waals surface area contributed by atoms with Crippen LogP contribution in [0.5, 0.6) is 0 Å². The van der Waals surface area contributed by atoms with Gasteiger partial charge in [-0.3, -0.25) is 9.69 Å². The highest BCUT2D eigenvalue weighted by atomic mass is 16.5. The second-order valence-corrected chi connectivity index (χ2v) is 6.57. The summed E-state index contributed by atoms with van der Waals surface area (Å²) in [6.45, 7) is 7.04. The molecule has 0 aromatic carbocycles. The van der Waals surface area contributed by atoms with Crippen molar-refractivity contribution in [2.24, 2.45) is 22.6 Å². The van der Waals surface area contributed by atoms with E-state index in [2.05, 4.69) is 20.8 Å². The Balaban J connectivity index is 2.22. The summed E-state index contributed by atoms with van der Waals surface area (Å²) in [5.41, 5.74) is 5.90. The Bertz CT molecular complexity index is 418. The van der Waals surface area contributed by atoms with Crippen molar-refractivity contribution in [1.82, 2.24) is 4.90 Å². The van der Waals surface area contributed by atoms with Crippen LogP contribution in [0.25, 0.3) is 0 Å². The average molecular weight is 295 g/mol. The van der Waals surface area contributed by atoms with Crippen molar-refractivity contribution in [3.8, 4) is 0 Å². The lowest BCUT2D eigenvalue weighted by Crippen LogP contribution is -2.56. The van der Waals surface area contributed by atoms with E-state index in [0.29, 0.717) is 30.8 Å². The van der Waals surface area contributed by atoms with Gasteiger partial charge in [-0.05, 0) is 37.5 Å². The van der Waals surface area contributed by atoms with Crippen molar-refractivity contribution in [3.63, 3.8) is 0 Å². The van der Waals surface area contributed by atoms with Gasteiger partial charge in [-0.15, -0.1) is 0 Å². The molecule has 1 aliphatic heterocycles. The first-order chi connectivity index (χ1) is 9.98. The van der Waals surface area contributed by atoms with Crippen LogP contribution in [0.3, 0.4) is 0 Å². The van der Waals surface area contributed by atoms with Crippen molar-refractivity contribution in [2.45, 2.75) is 64.5 Å². The van der Waals surface area contributed by atoms with Crippen LogP contribution < -0.4 is 5.73 Å². The average Bonchev–Trinajstić information content (AvgIpc) is 3.18. The Morgan fingerprint density at radius 1 is 1.48 bits per heavy atom. The minimum atomic E-state index is -0.293. The van der Waals surface area contributed by atoms with Gasteiger partial charge in [-0.25, -0.2) is 4.99 Å².